The third-order valence-electron chi connectivity index (χ3n) is 3.22. The molecule has 0 aliphatic carbocycles. The zero-order valence-corrected chi connectivity index (χ0v) is 10.9. The summed E-state index contributed by atoms with van der Waals surface area (Å²) in [6.07, 6.45) is 3.35. The Bertz CT molecular complexity index is 463. The van der Waals surface area contributed by atoms with Crippen LogP contribution in [0.25, 0.3) is 0 Å². The quantitative estimate of drug-likeness (QED) is 0.787. The smallest absolute Gasteiger partial charge is 0.325 e. The summed E-state index contributed by atoms with van der Waals surface area (Å²) in [5.41, 5.74) is 0.264. The zero-order chi connectivity index (χ0) is 13.8. The van der Waals surface area contributed by atoms with Crippen molar-refractivity contribution < 1.29 is 14.7 Å². The molecule has 0 atom stereocenters. The third kappa shape index (κ3) is 3.78. The molecular formula is C12H18N4O3. The summed E-state index contributed by atoms with van der Waals surface area (Å²) in [6.45, 7) is 1.71. The maximum absolute atomic E-state index is 11.9. The monoisotopic (exact) mass is 266 g/mol. The number of nitrogens with zero attached hydrogens (tertiary/aromatic N) is 3. The Morgan fingerprint density at radius 1 is 1.47 bits per heavy atom. The second kappa shape index (κ2) is 5.83. The average molecular weight is 266 g/mol. The first kappa shape index (κ1) is 13.5. The van der Waals surface area contributed by atoms with Crippen LogP contribution in [-0.2, 0) is 11.3 Å². The summed E-state index contributed by atoms with van der Waals surface area (Å²) < 4.78 is 1.24. The van der Waals surface area contributed by atoms with Crippen LogP contribution < -0.4 is 5.32 Å². The molecule has 2 rings (SSSR count). The number of hydrogen-bond donors (Lipinski definition) is 2. The molecular weight excluding hydrogens is 248 g/mol. The van der Waals surface area contributed by atoms with Gasteiger partial charge in [-0.2, -0.15) is 5.10 Å². The first-order valence-electron chi connectivity index (χ1n) is 6.29. The van der Waals surface area contributed by atoms with E-state index in [4.69, 9.17) is 5.11 Å². The average Bonchev–Trinajstić information content (AvgIpc) is 2.80. The molecule has 7 heteroatoms. The van der Waals surface area contributed by atoms with Gasteiger partial charge in [-0.1, -0.05) is 0 Å². The van der Waals surface area contributed by atoms with Gasteiger partial charge in [0.15, 0.2) is 0 Å². The van der Waals surface area contributed by atoms with E-state index in [-0.39, 0.29) is 24.2 Å². The molecule has 7 nitrogen and oxygen atoms in total. The van der Waals surface area contributed by atoms with E-state index in [9.17, 15) is 9.59 Å². The fourth-order valence-electron chi connectivity index (χ4n) is 2.12. The highest BCUT2D eigenvalue weighted by Gasteiger charge is 2.20. The Morgan fingerprint density at radius 3 is 2.79 bits per heavy atom. The number of rotatable bonds is 4. The Kier molecular flexibility index (Phi) is 4.16. The van der Waals surface area contributed by atoms with Crippen molar-refractivity contribution in [3.8, 4) is 0 Å². The Hall–Kier alpha value is -1.89. The van der Waals surface area contributed by atoms with Gasteiger partial charge in [-0.3, -0.25) is 14.3 Å². The molecule has 1 aliphatic rings. The molecule has 0 aromatic carbocycles. The molecule has 104 valence electrons. The standard InChI is InChI=1S/C12H18N4O3/c1-15-5-2-9(3-6-15)13-12(19)10-4-7-16(14-10)8-11(17)18/h4,7,9H,2-3,5-6,8H2,1H3,(H,13,19)(H,17,18). The lowest BCUT2D eigenvalue weighted by Crippen LogP contribution is -2.43. The number of nitrogens with one attached hydrogen (secondary N) is 1. The SMILES string of the molecule is CN1CCC(NC(=O)c2ccn(CC(=O)O)n2)CC1. The number of carboxylic acid groups (broad SMARTS) is 1. The Morgan fingerprint density at radius 2 is 2.16 bits per heavy atom. The van der Waals surface area contributed by atoms with Crippen LogP contribution in [0.3, 0.4) is 0 Å². The molecule has 0 bridgehead atoms. The molecule has 0 saturated carbocycles. The van der Waals surface area contributed by atoms with Crippen molar-refractivity contribution in [1.29, 1.82) is 0 Å². The van der Waals surface area contributed by atoms with Crippen LogP contribution >= 0.6 is 0 Å². The van der Waals surface area contributed by atoms with Gasteiger partial charge in [0, 0.05) is 12.2 Å². The van der Waals surface area contributed by atoms with Crippen molar-refractivity contribution in [1.82, 2.24) is 20.0 Å². The summed E-state index contributed by atoms with van der Waals surface area (Å²) in [6, 6.07) is 1.71. The predicted molar refractivity (Wildman–Crippen MR) is 67.8 cm³/mol. The molecule has 2 heterocycles. The number of aromatic nitrogens is 2. The highest BCUT2D eigenvalue weighted by Crippen LogP contribution is 2.09. The first-order chi connectivity index (χ1) is 9.04. The maximum atomic E-state index is 11.9. The predicted octanol–water partition coefficient (Wildman–Crippen LogP) is -0.208. The maximum Gasteiger partial charge on any atom is 0.325 e. The number of piperidine rings is 1. The minimum Gasteiger partial charge on any atom is -0.480 e. The third-order valence-corrected chi connectivity index (χ3v) is 3.22. The van der Waals surface area contributed by atoms with E-state index >= 15 is 0 Å². The van der Waals surface area contributed by atoms with Crippen LogP contribution in [-0.4, -0.2) is 57.8 Å². The molecule has 2 N–H and O–H groups in total. The van der Waals surface area contributed by atoms with Crippen LogP contribution in [0.15, 0.2) is 12.3 Å². The summed E-state index contributed by atoms with van der Waals surface area (Å²) >= 11 is 0. The number of hydrogen-bond acceptors (Lipinski definition) is 4. The number of carbonyl (C=O) groups excluding carboxylic acids is 1. The summed E-state index contributed by atoms with van der Waals surface area (Å²) in [5, 5.41) is 15.5. The van der Waals surface area contributed by atoms with Gasteiger partial charge in [0.2, 0.25) is 0 Å². The Balaban J connectivity index is 1.89. The number of carboxylic acids is 1. The van der Waals surface area contributed by atoms with Crippen molar-refractivity contribution >= 4 is 11.9 Å². The van der Waals surface area contributed by atoms with E-state index in [2.05, 4.69) is 22.4 Å². The number of amides is 1. The van der Waals surface area contributed by atoms with E-state index in [1.54, 1.807) is 0 Å². The summed E-state index contributed by atoms with van der Waals surface area (Å²) in [4.78, 5) is 24.7. The molecule has 1 aromatic heterocycles. The summed E-state index contributed by atoms with van der Waals surface area (Å²) in [7, 11) is 2.06. The molecule has 1 amide bonds. The van der Waals surface area contributed by atoms with Crippen molar-refractivity contribution in [2.75, 3.05) is 20.1 Å². The van der Waals surface area contributed by atoms with E-state index in [1.807, 2.05) is 0 Å². The second-order valence-corrected chi connectivity index (χ2v) is 4.84. The van der Waals surface area contributed by atoms with Gasteiger partial charge < -0.3 is 15.3 Å². The molecule has 0 radical (unpaired) electrons. The molecule has 1 aliphatic heterocycles. The number of likely N-dealkylation sites (tertiary alicyclic amines) is 1. The largest absolute Gasteiger partial charge is 0.480 e. The molecule has 0 spiro atoms. The topological polar surface area (TPSA) is 87.5 Å². The van der Waals surface area contributed by atoms with Crippen molar-refractivity contribution in [3.05, 3.63) is 18.0 Å². The Labute approximate surface area is 111 Å². The van der Waals surface area contributed by atoms with Crippen LogP contribution in [0.1, 0.15) is 23.3 Å². The lowest BCUT2D eigenvalue weighted by atomic mass is 10.1. The fraction of sp³-hybridized carbons (Fsp3) is 0.583. The van der Waals surface area contributed by atoms with Gasteiger partial charge in [0.25, 0.3) is 5.91 Å². The van der Waals surface area contributed by atoms with E-state index in [0.29, 0.717) is 0 Å². The van der Waals surface area contributed by atoms with Gasteiger partial charge in [-0.05, 0) is 39.0 Å². The fourth-order valence-corrected chi connectivity index (χ4v) is 2.12. The van der Waals surface area contributed by atoms with Crippen molar-refractivity contribution in [2.45, 2.75) is 25.4 Å². The lowest BCUT2D eigenvalue weighted by molar-refractivity contribution is -0.137. The van der Waals surface area contributed by atoms with Crippen molar-refractivity contribution in [3.63, 3.8) is 0 Å². The van der Waals surface area contributed by atoms with Gasteiger partial charge >= 0.3 is 5.97 Å². The van der Waals surface area contributed by atoms with Crippen LogP contribution in [0.2, 0.25) is 0 Å². The highest BCUT2D eigenvalue weighted by atomic mass is 16.4. The first-order valence-corrected chi connectivity index (χ1v) is 6.29. The van der Waals surface area contributed by atoms with Crippen LogP contribution in [0.4, 0.5) is 0 Å². The minimum atomic E-state index is -0.981. The second-order valence-electron chi connectivity index (χ2n) is 4.84. The molecule has 0 unspecified atom stereocenters. The molecule has 1 fully saturated rings. The lowest BCUT2D eigenvalue weighted by Gasteiger charge is -2.29. The zero-order valence-electron chi connectivity index (χ0n) is 10.9. The van der Waals surface area contributed by atoms with Gasteiger partial charge in [-0.25, -0.2) is 0 Å². The molecule has 1 saturated heterocycles. The van der Waals surface area contributed by atoms with E-state index < -0.39 is 5.97 Å². The van der Waals surface area contributed by atoms with Gasteiger partial charge in [0.05, 0.1) is 0 Å². The molecule has 1 aromatic rings. The molecule has 19 heavy (non-hydrogen) atoms. The van der Waals surface area contributed by atoms with E-state index in [0.717, 1.165) is 25.9 Å². The summed E-state index contributed by atoms with van der Waals surface area (Å²) in [5.74, 6) is -1.22. The number of aliphatic carboxylic acids is 1. The van der Waals surface area contributed by atoms with Crippen LogP contribution in [0.5, 0.6) is 0 Å². The van der Waals surface area contributed by atoms with Crippen LogP contribution in [0, 0.1) is 0 Å². The van der Waals surface area contributed by atoms with E-state index in [1.165, 1.54) is 16.9 Å². The van der Waals surface area contributed by atoms with Crippen molar-refractivity contribution in [2.24, 2.45) is 0 Å². The minimum absolute atomic E-state index is 0.174. The number of carbonyl (C=O) groups is 2. The highest BCUT2D eigenvalue weighted by molar-refractivity contribution is 5.92. The van der Waals surface area contributed by atoms with Gasteiger partial charge in [-0.15, -0.1) is 0 Å². The normalized spacial score (nSPS) is 17.3. The van der Waals surface area contributed by atoms with Gasteiger partial charge in [0.1, 0.15) is 12.2 Å².